The second-order valence-electron chi connectivity index (χ2n) is 5.02. The van der Waals surface area contributed by atoms with E-state index in [1.165, 1.54) is 12.8 Å². The maximum absolute atomic E-state index is 5.92. The highest BCUT2D eigenvalue weighted by Gasteiger charge is 2.42. The van der Waals surface area contributed by atoms with Crippen molar-refractivity contribution in [1.82, 2.24) is 10.2 Å². The summed E-state index contributed by atoms with van der Waals surface area (Å²) in [5.41, 5.74) is 0. The van der Waals surface area contributed by atoms with Crippen LogP contribution in [0.1, 0.15) is 24.6 Å². The predicted octanol–water partition coefficient (Wildman–Crippen LogP) is 2.17. The van der Waals surface area contributed by atoms with Crippen LogP contribution < -0.4 is 5.32 Å². The molecule has 1 N–H and O–H groups in total. The number of likely N-dealkylation sites (N-methyl/N-ethyl adjacent to an activating group) is 1. The minimum absolute atomic E-state index is 0.169. The van der Waals surface area contributed by atoms with Gasteiger partial charge < -0.3 is 14.5 Å². The molecule has 0 bridgehead atoms. The third kappa shape index (κ3) is 2.50. The van der Waals surface area contributed by atoms with Gasteiger partial charge in [0.2, 0.25) is 0 Å². The molecule has 0 aromatic carbocycles. The maximum Gasteiger partial charge on any atom is 0.169 e. The van der Waals surface area contributed by atoms with Crippen molar-refractivity contribution in [2.45, 2.75) is 31.0 Å². The Hall–Kier alpha value is -0.360. The zero-order chi connectivity index (χ0) is 12.5. The molecular weight excluding hydrogens is 296 g/mol. The van der Waals surface area contributed by atoms with E-state index in [1.54, 1.807) is 0 Å². The second-order valence-corrected chi connectivity index (χ2v) is 5.80. The summed E-state index contributed by atoms with van der Waals surface area (Å²) in [6, 6.07) is 4.99. The Morgan fingerprint density at radius 1 is 1.44 bits per heavy atom. The normalized spacial score (nSPS) is 29.7. The molecule has 2 unspecified atom stereocenters. The van der Waals surface area contributed by atoms with Crippen LogP contribution in [0.15, 0.2) is 21.2 Å². The van der Waals surface area contributed by atoms with Gasteiger partial charge >= 0.3 is 0 Å². The molecule has 5 heteroatoms. The van der Waals surface area contributed by atoms with Crippen LogP contribution in [0, 0.1) is 0 Å². The Bertz CT molecular complexity index is 403. The van der Waals surface area contributed by atoms with E-state index in [-0.39, 0.29) is 12.1 Å². The van der Waals surface area contributed by atoms with Gasteiger partial charge in [0.25, 0.3) is 0 Å². The van der Waals surface area contributed by atoms with Crippen LogP contribution >= 0.6 is 15.9 Å². The van der Waals surface area contributed by atoms with E-state index in [0.717, 1.165) is 36.2 Å². The quantitative estimate of drug-likeness (QED) is 0.924. The number of morpholine rings is 1. The molecule has 4 nitrogen and oxygen atoms in total. The highest BCUT2D eigenvalue weighted by Crippen LogP contribution is 2.39. The van der Waals surface area contributed by atoms with E-state index in [2.05, 4.69) is 32.2 Å². The first-order valence-corrected chi connectivity index (χ1v) is 7.36. The van der Waals surface area contributed by atoms with Crippen LogP contribution in [0.3, 0.4) is 0 Å². The van der Waals surface area contributed by atoms with Crippen LogP contribution in [0.4, 0.5) is 0 Å². The number of furan rings is 1. The molecule has 0 amide bonds. The molecule has 1 aromatic heterocycles. The number of hydrogen-bond acceptors (Lipinski definition) is 4. The number of nitrogens with one attached hydrogen (secondary N) is 1. The zero-order valence-corrected chi connectivity index (χ0v) is 12.1. The summed E-state index contributed by atoms with van der Waals surface area (Å²) in [5.74, 6) is 1.01. The van der Waals surface area contributed by atoms with Gasteiger partial charge in [0.05, 0.1) is 18.8 Å². The molecule has 18 heavy (non-hydrogen) atoms. The number of halogens is 1. The lowest BCUT2D eigenvalue weighted by Crippen LogP contribution is -2.49. The van der Waals surface area contributed by atoms with Crippen LogP contribution in [-0.2, 0) is 4.74 Å². The van der Waals surface area contributed by atoms with Gasteiger partial charge in [-0.25, -0.2) is 0 Å². The van der Waals surface area contributed by atoms with Crippen molar-refractivity contribution < 1.29 is 9.15 Å². The van der Waals surface area contributed by atoms with E-state index >= 15 is 0 Å². The minimum Gasteiger partial charge on any atom is -0.453 e. The molecule has 3 rings (SSSR count). The first kappa shape index (κ1) is 12.7. The number of rotatable bonds is 4. The summed E-state index contributed by atoms with van der Waals surface area (Å²) in [6.45, 7) is 2.68. The Kier molecular flexibility index (Phi) is 3.75. The van der Waals surface area contributed by atoms with Crippen LogP contribution in [0.5, 0.6) is 0 Å². The summed E-state index contributed by atoms with van der Waals surface area (Å²) in [7, 11) is 1.97. The summed E-state index contributed by atoms with van der Waals surface area (Å²) in [4.78, 5) is 2.55. The van der Waals surface area contributed by atoms with Crippen molar-refractivity contribution in [3.05, 3.63) is 22.6 Å². The fourth-order valence-electron chi connectivity index (χ4n) is 2.77. The number of hydrogen-bond donors (Lipinski definition) is 1. The van der Waals surface area contributed by atoms with Crippen molar-refractivity contribution in [2.24, 2.45) is 0 Å². The molecule has 1 saturated heterocycles. The average Bonchev–Trinajstić information content (AvgIpc) is 3.12. The second kappa shape index (κ2) is 5.33. The topological polar surface area (TPSA) is 37.6 Å². The lowest BCUT2D eigenvalue weighted by Gasteiger charge is -2.40. The van der Waals surface area contributed by atoms with Crippen LogP contribution in [-0.4, -0.2) is 43.8 Å². The third-order valence-corrected chi connectivity index (χ3v) is 4.12. The Balaban J connectivity index is 1.85. The summed E-state index contributed by atoms with van der Waals surface area (Å²) in [5, 5.41) is 3.22. The van der Waals surface area contributed by atoms with E-state index in [1.807, 2.05) is 13.1 Å². The third-order valence-electron chi connectivity index (χ3n) is 3.70. The van der Waals surface area contributed by atoms with Gasteiger partial charge in [-0.3, -0.25) is 4.90 Å². The first-order valence-electron chi connectivity index (χ1n) is 6.57. The fraction of sp³-hybridized carbons (Fsp3) is 0.692. The molecule has 100 valence electrons. The molecule has 2 aliphatic rings. The molecule has 1 saturated carbocycles. The molecular formula is C13H19BrN2O2. The van der Waals surface area contributed by atoms with Gasteiger partial charge in [0.15, 0.2) is 4.67 Å². The van der Waals surface area contributed by atoms with Crippen LogP contribution in [0.25, 0.3) is 0 Å². The van der Waals surface area contributed by atoms with E-state index in [9.17, 15) is 0 Å². The van der Waals surface area contributed by atoms with E-state index in [0.29, 0.717) is 0 Å². The van der Waals surface area contributed by atoms with Crippen molar-refractivity contribution in [2.75, 3.05) is 26.7 Å². The summed E-state index contributed by atoms with van der Waals surface area (Å²) in [6.07, 6.45) is 2.79. The molecule has 1 aliphatic heterocycles. The van der Waals surface area contributed by atoms with Gasteiger partial charge in [-0.2, -0.15) is 0 Å². The Morgan fingerprint density at radius 3 is 2.89 bits per heavy atom. The molecule has 1 aliphatic carbocycles. The molecule has 1 aromatic rings. The first-order chi connectivity index (χ1) is 8.79. The highest BCUT2D eigenvalue weighted by atomic mass is 79.9. The van der Waals surface area contributed by atoms with E-state index in [4.69, 9.17) is 9.15 Å². The largest absolute Gasteiger partial charge is 0.453 e. The van der Waals surface area contributed by atoms with Crippen molar-refractivity contribution in [3.8, 4) is 0 Å². The average molecular weight is 315 g/mol. The predicted molar refractivity (Wildman–Crippen MR) is 72.5 cm³/mol. The molecule has 2 atom stereocenters. The molecule has 0 spiro atoms. The number of ether oxygens (including phenoxy) is 1. The highest BCUT2D eigenvalue weighted by molar-refractivity contribution is 9.10. The lowest BCUT2D eigenvalue weighted by molar-refractivity contribution is -0.0804. The van der Waals surface area contributed by atoms with Gasteiger partial charge in [-0.15, -0.1) is 0 Å². The summed E-state index contributed by atoms with van der Waals surface area (Å²) < 4.78 is 12.5. The minimum atomic E-state index is 0.169. The van der Waals surface area contributed by atoms with E-state index < -0.39 is 0 Å². The SMILES string of the molecule is CNCC1OCCN(C2CC2)C1c1ccc(Br)o1. The zero-order valence-electron chi connectivity index (χ0n) is 10.6. The Morgan fingerprint density at radius 2 is 2.28 bits per heavy atom. The fourth-order valence-corrected chi connectivity index (χ4v) is 3.09. The van der Waals surface area contributed by atoms with Crippen molar-refractivity contribution >= 4 is 15.9 Å². The van der Waals surface area contributed by atoms with Crippen molar-refractivity contribution in [3.63, 3.8) is 0 Å². The van der Waals surface area contributed by atoms with Gasteiger partial charge in [-0.05, 0) is 48.0 Å². The van der Waals surface area contributed by atoms with Gasteiger partial charge in [0.1, 0.15) is 5.76 Å². The molecule has 2 heterocycles. The smallest absolute Gasteiger partial charge is 0.169 e. The monoisotopic (exact) mass is 314 g/mol. The van der Waals surface area contributed by atoms with Gasteiger partial charge in [-0.1, -0.05) is 0 Å². The maximum atomic E-state index is 5.92. The molecule has 2 fully saturated rings. The molecule has 0 radical (unpaired) electrons. The van der Waals surface area contributed by atoms with Crippen molar-refractivity contribution in [1.29, 1.82) is 0 Å². The van der Waals surface area contributed by atoms with Crippen LogP contribution in [0.2, 0.25) is 0 Å². The van der Waals surface area contributed by atoms with Gasteiger partial charge in [0, 0.05) is 19.1 Å². The summed E-state index contributed by atoms with van der Waals surface area (Å²) >= 11 is 3.39. The Labute approximate surface area is 116 Å². The number of nitrogens with zero attached hydrogens (tertiary/aromatic N) is 1. The lowest BCUT2D eigenvalue weighted by atomic mass is 10.0. The standard InChI is InChI=1S/C13H19BrN2O2/c1-15-8-11-13(10-4-5-12(14)18-10)16(6-7-17-11)9-2-3-9/h4-5,9,11,13,15H,2-3,6-8H2,1H3.